The van der Waals surface area contributed by atoms with Gasteiger partial charge in [-0.3, -0.25) is 10.1 Å². The SMILES string of the molecule is CCOCCN(C)c1ccc([N+](=O)[O-])c(C(=O)O)c1. The molecule has 0 aromatic heterocycles. The van der Waals surface area contributed by atoms with Crippen LogP contribution >= 0.6 is 0 Å². The number of carbonyl (C=O) groups is 1. The Balaban J connectivity index is 2.95. The van der Waals surface area contributed by atoms with Crippen LogP contribution in [-0.2, 0) is 4.74 Å². The second kappa shape index (κ2) is 6.69. The number of likely N-dealkylation sites (N-methyl/N-ethyl adjacent to an activating group) is 1. The molecule has 0 aliphatic rings. The summed E-state index contributed by atoms with van der Waals surface area (Å²) in [5.41, 5.74) is -0.122. The van der Waals surface area contributed by atoms with Crippen LogP contribution in [0.1, 0.15) is 17.3 Å². The fourth-order valence-electron chi connectivity index (χ4n) is 1.57. The van der Waals surface area contributed by atoms with Gasteiger partial charge in [0.2, 0.25) is 0 Å². The van der Waals surface area contributed by atoms with E-state index in [0.717, 1.165) is 0 Å². The molecule has 1 N–H and O–H groups in total. The number of aromatic carboxylic acids is 1. The molecule has 0 atom stereocenters. The number of anilines is 1. The molecule has 0 amide bonds. The van der Waals surface area contributed by atoms with Crippen LogP contribution in [0.3, 0.4) is 0 Å². The van der Waals surface area contributed by atoms with Gasteiger partial charge in [-0.1, -0.05) is 0 Å². The molecule has 0 saturated heterocycles. The first-order valence-corrected chi connectivity index (χ1v) is 5.78. The average Bonchev–Trinajstić information content (AvgIpc) is 2.38. The third-order valence-electron chi connectivity index (χ3n) is 2.62. The molecular formula is C12H16N2O5. The minimum Gasteiger partial charge on any atom is -0.477 e. The number of rotatable bonds is 7. The molecule has 104 valence electrons. The van der Waals surface area contributed by atoms with E-state index in [9.17, 15) is 14.9 Å². The smallest absolute Gasteiger partial charge is 0.342 e. The van der Waals surface area contributed by atoms with Crippen molar-refractivity contribution in [3.05, 3.63) is 33.9 Å². The van der Waals surface area contributed by atoms with Gasteiger partial charge in [0.25, 0.3) is 5.69 Å². The second-order valence-corrected chi connectivity index (χ2v) is 3.88. The molecule has 7 heteroatoms. The van der Waals surface area contributed by atoms with E-state index < -0.39 is 16.6 Å². The van der Waals surface area contributed by atoms with E-state index in [1.54, 1.807) is 11.9 Å². The number of nitro benzene ring substituents is 1. The molecule has 0 bridgehead atoms. The van der Waals surface area contributed by atoms with Gasteiger partial charge >= 0.3 is 5.97 Å². The Morgan fingerprint density at radius 1 is 1.53 bits per heavy atom. The van der Waals surface area contributed by atoms with Crippen LogP contribution in [0.4, 0.5) is 11.4 Å². The monoisotopic (exact) mass is 268 g/mol. The second-order valence-electron chi connectivity index (χ2n) is 3.88. The minimum absolute atomic E-state index is 0.314. The highest BCUT2D eigenvalue weighted by Crippen LogP contribution is 2.24. The van der Waals surface area contributed by atoms with Gasteiger partial charge in [-0.15, -0.1) is 0 Å². The Hall–Kier alpha value is -2.15. The lowest BCUT2D eigenvalue weighted by atomic mass is 10.1. The number of carboxylic acid groups (broad SMARTS) is 1. The molecule has 0 fully saturated rings. The van der Waals surface area contributed by atoms with Crippen molar-refractivity contribution in [2.24, 2.45) is 0 Å². The molecule has 0 spiro atoms. The van der Waals surface area contributed by atoms with Crippen molar-refractivity contribution in [2.75, 3.05) is 31.7 Å². The molecular weight excluding hydrogens is 252 g/mol. The molecule has 0 unspecified atom stereocenters. The van der Waals surface area contributed by atoms with Gasteiger partial charge in [-0.05, 0) is 19.1 Å². The maximum atomic E-state index is 11.0. The quantitative estimate of drug-likeness (QED) is 0.460. The molecule has 1 aromatic rings. The highest BCUT2D eigenvalue weighted by atomic mass is 16.6. The van der Waals surface area contributed by atoms with Gasteiger partial charge in [0.15, 0.2) is 0 Å². The van der Waals surface area contributed by atoms with Crippen molar-refractivity contribution >= 4 is 17.3 Å². The number of nitrogens with zero attached hydrogens (tertiary/aromatic N) is 2. The zero-order valence-electron chi connectivity index (χ0n) is 10.8. The molecule has 0 aliphatic carbocycles. The molecule has 0 saturated carbocycles. The van der Waals surface area contributed by atoms with Crippen LogP contribution < -0.4 is 4.90 Å². The standard InChI is InChI=1S/C12H16N2O5/c1-3-19-7-6-13(2)9-4-5-11(14(17)18)10(8-9)12(15)16/h4-5,8H,3,6-7H2,1-2H3,(H,15,16). The normalized spacial score (nSPS) is 10.2. The number of hydrogen-bond acceptors (Lipinski definition) is 5. The number of benzene rings is 1. The van der Waals surface area contributed by atoms with Gasteiger partial charge < -0.3 is 14.7 Å². The van der Waals surface area contributed by atoms with E-state index >= 15 is 0 Å². The lowest BCUT2D eigenvalue weighted by molar-refractivity contribution is -0.385. The van der Waals surface area contributed by atoms with Crippen molar-refractivity contribution < 1.29 is 19.6 Å². The molecule has 1 rings (SSSR count). The summed E-state index contributed by atoms with van der Waals surface area (Å²) in [4.78, 5) is 22.8. The molecule has 7 nitrogen and oxygen atoms in total. The number of carboxylic acids is 1. The van der Waals surface area contributed by atoms with Crippen LogP contribution in [0.25, 0.3) is 0 Å². The zero-order valence-corrected chi connectivity index (χ0v) is 10.8. The van der Waals surface area contributed by atoms with E-state index in [1.165, 1.54) is 18.2 Å². The highest BCUT2D eigenvalue weighted by Gasteiger charge is 2.20. The maximum absolute atomic E-state index is 11.0. The summed E-state index contributed by atoms with van der Waals surface area (Å²) in [5, 5.41) is 19.7. The van der Waals surface area contributed by atoms with Crippen LogP contribution in [0.2, 0.25) is 0 Å². The van der Waals surface area contributed by atoms with Gasteiger partial charge in [0.1, 0.15) is 5.56 Å². The Morgan fingerprint density at radius 3 is 2.74 bits per heavy atom. The van der Waals surface area contributed by atoms with Crippen molar-refractivity contribution in [3.8, 4) is 0 Å². The summed E-state index contributed by atoms with van der Waals surface area (Å²) >= 11 is 0. The molecule has 19 heavy (non-hydrogen) atoms. The zero-order chi connectivity index (χ0) is 14.4. The summed E-state index contributed by atoms with van der Waals surface area (Å²) in [6.45, 7) is 3.57. The van der Waals surface area contributed by atoms with Crippen molar-refractivity contribution in [3.63, 3.8) is 0 Å². The van der Waals surface area contributed by atoms with Gasteiger partial charge in [-0.25, -0.2) is 4.79 Å². The summed E-state index contributed by atoms with van der Waals surface area (Å²) in [6.07, 6.45) is 0. The van der Waals surface area contributed by atoms with Crippen LogP contribution in [0, 0.1) is 10.1 Å². The van der Waals surface area contributed by atoms with E-state index in [-0.39, 0.29) is 5.56 Å². The number of nitro groups is 1. The van der Waals surface area contributed by atoms with E-state index in [4.69, 9.17) is 9.84 Å². The van der Waals surface area contributed by atoms with Crippen LogP contribution in [0.15, 0.2) is 18.2 Å². The van der Waals surface area contributed by atoms with Gasteiger partial charge in [0, 0.05) is 32.0 Å². The number of hydrogen-bond donors (Lipinski definition) is 1. The molecule has 1 aromatic carbocycles. The fourth-order valence-corrected chi connectivity index (χ4v) is 1.57. The third-order valence-corrected chi connectivity index (χ3v) is 2.62. The average molecular weight is 268 g/mol. The Labute approximate surface area is 110 Å². The Morgan fingerprint density at radius 2 is 2.21 bits per heavy atom. The lowest BCUT2D eigenvalue weighted by Crippen LogP contribution is -2.23. The molecule has 0 heterocycles. The maximum Gasteiger partial charge on any atom is 0.342 e. The van der Waals surface area contributed by atoms with Gasteiger partial charge in [-0.2, -0.15) is 0 Å². The first kappa shape index (κ1) is 14.9. The van der Waals surface area contributed by atoms with Crippen LogP contribution in [0.5, 0.6) is 0 Å². The first-order chi connectivity index (χ1) is 8.97. The Kier molecular flexibility index (Phi) is 5.25. The summed E-state index contributed by atoms with van der Waals surface area (Å²) < 4.78 is 5.20. The molecule has 0 radical (unpaired) electrons. The van der Waals surface area contributed by atoms with E-state index in [1.807, 2.05) is 6.92 Å². The fraction of sp³-hybridized carbons (Fsp3) is 0.417. The lowest BCUT2D eigenvalue weighted by Gasteiger charge is -2.19. The molecule has 0 aliphatic heterocycles. The van der Waals surface area contributed by atoms with Crippen molar-refractivity contribution in [1.82, 2.24) is 0 Å². The predicted octanol–water partition coefficient (Wildman–Crippen LogP) is 1.77. The number of ether oxygens (including phenoxy) is 1. The summed E-state index contributed by atoms with van der Waals surface area (Å²) in [5.74, 6) is -1.31. The van der Waals surface area contributed by atoms with Crippen LogP contribution in [-0.4, -0.2) is 42.8 Å². The van der Waals surface area contributed by atoms with E-state index in [2.05, 4.69) is 0 Å². The van der Waals surface area contributed by atoms with Crippen molar-refractivity contribution in [1.29, 1.82) is 0 Å². The first-order valence-electron chi connectivity index (χ1n) is 5.78. The summed E-state index contributed by atoms with van der Waals surface area (Å²) in [6, 6.07) is 4.03. The topological polar surface area (TPSA) is 92.9 Å². The predicted molar refractivity (Wildman–Crippen MR) is 69.8 cm³/mol. The van der Waals surface area contributed by atoms with E-state index in [0.29, 0.717) is 25.4 Å². The van der Waals surface area contributed by atoms with Gasteiger partial charge in [0.05, 0.1) is 11.5 Å². The van der Waals surface area contributed by atoms with Crippen molar-refractivity contribution in [2.45, 2.75) is 6.92 Å². The Bertz CT molecular complexity index is 475. The highest BCUT2D eigenvalue weighted by molar-refractivity contribution is 5.93. The third kappa shape index (κ3) is 3.92. The minimum atomic E-state index is -1.31. The largest absolute Gasteiger partial charge is 0.477 e. The summed E-state index contributed by atoms with van der Waals surface area (Å²) in [7, 11) is 1.77.